The van der Waals surface area contributed by atoms with Crippen LogP contribution >= 0.6 is 0 Å². The minimum absolute atomic E-state index is 0.268. The second-order valence-electron chi connectivity index (χ2n) is 6.02. The third-order valence-corrected chi connectivity index (χ3v) is 4.31. The Morgan fingerprint density at radius 2 is 1.87 bits per heavy atom. The molecule has 1 aliphatic heterocycles. The monoisotopic (exact) mass is 316 g/mol. The van der Waals surface area contributed by atoms with E-state index in [0.717, 1.165) is 50.3 Å². The quantitative estimate of drug-likeness (QED) is 0.872. The van der Waals surface area contributed by atoms with Gasteiger partial charge in [0, 0.05) is 44.9 Å². The van der Waals surface area contributed by atoms with Crippen molar-refractivity contribution in [2.75, 3.05) is 39.3 Å². The largest absolute Gasteiger partial charge is 0.396 e. The smallest absolute Gasteiger partial charge is 0.241 e. The van der Waals surface area contributed by atoms with Crippen molar-refractivity contribution < 1.29 is 9.63 Å². The highest BCUT2D eigenvalue weighted by atomic mass is 16.5. The van der Waals surface area contributed by atoms with Crippen LogP contribution in [0.25, 0.3) is 11.4 Å². The van der Waals surface area contributed by atoms with Crippen molar-refractivity contribution in [1.29, 1.82) is 0 Å². The Balaban J connectivity index is 1.55. The fraction of sp³-hybridized carbons (Fsp3) is 0.529. The van der Waals surface area contributed by atoms with Gasteiger partial charge in [0.15, 0.2) is 0 Å². The molecule has 2 heterocycles. The van der Waals surface area contributed by atoms with Crippen molar-refractivity contribution in [2.24, 2.45) is 0 Å². The summed E-state index contributed by atoms with van der Waals surface area (Å²) in [5, 5.41) is 13.0. The molecule has 1 saturated heterocycles. The first-order valence-corrected chi connectivity index (χ1v) is 8.20. The van der Waals surface area contributed by atoms with Crippen molar-refractivity contribution >= 4 is 0 Å². The minimum atomic E-state index is 0.268. The number of aromatic nitrogens is 2. The van der Waals surface area contributed by atoms with Crippen LogP contribution in [0.4, 0.5) is 0 Å². The summed E-state index contributed by atoms with van der Waals surface area (Å²) in [4.78, 5) is 9.26. The van der Waals surface area contributed by atoms with Gasteiger partial charge in [-0.2, -0.15) is 4.98 Å². The Kier molecular flexibility index (Phi) is 5.38. The molecule has 1 aromatic heterocycles. The Bertz CT molecular complexity index is 621. The maximum absolute atomic E-state index is 8.89. The molecule has 1 fully saturated rings. The molecule has 6 heteroatoms. The second kappa shape index (κ2) is 7.68. The van der Waals surface area contributed by atoms with Crippen molar-refractivity contribution in [3.8, 4) is 11.4 Å². The van der Waals surface area contributed by atoms with Gasteiger partial charge in [0.2, 0.25) is 11.7 Å². The lowest BCUT2D eigenvalue weighted by molar-refractivity contribution is 0.111. The molecular weight excluding hydrogens is 292 g/mol. The fourth-order valence-corrected chi connectivity index (χ4v) is 2.91. The summed E-state index contributed by atoms with van der Waals surface area (Å²) in [6, 6.07) is 8.07. The molecule has 0 bridgehead atoms. The van der Waals surface area contributed by atoms with Crippen molar-refractivity contribution in [2.45, 2.75) is 19.9 Å². The van der Waals surface area contributed by atoms with Gasteiger partial charge in [-0.25, -0.2) is 0 Å². The van der Waals surface area contributed by atoms with Gasteiger partial charge >= 0.3 is 0 Å². The number of rotatable bonds is 6. The summed E-state index contributed by atoms with van der Waals surface area (Å²) in [5.74, 6) is 1.34. The number of nitrogens with zero attached hydrogens (tertiary/aromatic N) is 4. The third kappa shape index (κ3) is 4.16. The zero-order valence-corrected chi connectivity index (χ0v) is 13.6. The van der Waals surface area contributed by atoms with E-state index in [1.807, 2.05) is 18.2 Å². The number of benzene rings is 1. The van der Waals surface area contributed by atoms with Gasteiger partial charge in [-0.3, -0.25) is 4.90 Å². The van der Waals surface area contributed by atoms with Gasteiger partial charge in [0.05, 0.1) is 6.54 Å². The summed E-state index contributed by atoms with van der Waals surface area (Å²) >= 11 is 0. The van der Waals surface area contributed by atoms with Gasteiger partial charge in [-0.1, -0.05) is 29.4 Å². The molecule has 0 saturated carbocycles. The highest BCUT2D eigenvalue weighted by Gasteiger charge is 2.19. The van der Waals surface area contributed by atoms with E-state index in [1.165, 1.54) is 0 Å². The van der Waals surface area contributed by atoms with Crippen molar-refractivity contribution in [3.05, 3.63) is 35.7 Å². The molecule has 124 valence electrons. The van der Waals surface area contributed by atoms with Gasteiger partial charge in [-0.05, 0) is 18.9 Å². The van der Waals surface area contributed by atoms with Crippen LogP contribution in [0.2, 0.25) is 0 Å². The summed E-state index contributed by atoms with van der Waals surface area (Å²) in [7, 11) is 0. The average Bonchev–Trinajstić information content (AvgIpc) is 3.03. The zero-order valence-electron chi connectivity index (χ0n) is 13.6. The maximum atomic E-state index is 8.89. The normalized spacial score (nSPS) is 16.8. The van der Waals surface area contributed by atoms with Gasteiger partial charge in [0.25, 0.3) is 0 Å². The van der Waals surface area contributed by atoms with E-state index in [1.54, 1.807) is 0 Å². The Morgan fingerprint density at radius 1 is 1.13 bits per heavy atom. The van der Waals surface area contributed by atoms with Crippen LogP contribution in [0.1, 0.15) is 17.9 Å². The molecule has 6 nitrogen and oxygen atoms in total. The van der Waals surface area contributed by atoms with Crippen molar-refractivity contribution in [3.63, 3.8) is 0 Å². The topological polar surface area (TPSA) is 65.6 Å². The maximum Gasteiger partial charge on any atom is 0.241 e. The zero-order chi connectivity index (χ0) is 16.1. The molecule has 2 aromatic rings. The summed E-state index contributed by atoms with van der Waals surface area (Å²) in [6.07, 6.45) is 0.851. The van der Waals surface area contributed by atoms with Crippen LogP contribution in [0, 0.1) is 6.92 Å². The van der Waals surface area contributed by atoms with E-state index in [-0.39, 0.29) is 6.61 Å². The number of aryl methyl sites for hydroxylation is 1. The lowest BCUT2D eigenvalue weighted by Crippen LogP contribution is -2.46. The molecule has 23 heavy (non-hydrogen) atoms. The summed E-state index contributed by atoms with van der Waals surface area (Å²) in [6.45, 7) is 8.04. The standard InChI is InChI=1S/C17H24N4O2/c1-14-5-2-3-6-15(14)17-18-16(23-19-17)13-21-10-8-20(9-11-21)7-4-12-22/h2-3,5-6,22H,4,7-13H2,1H3. The Morgan fingerprint density at radius 3 is 2.61 bits per heavy atom. The molecule has 0 radical (unpaired) electrons. The molecule has 3 rings (SSSR count). The van der Waals surface area contributed by atoms with Gasteiger partial charge in [0.1, 0.15) is 0 Å². The van der Waals surface area contributed by atoms with Crippen LogP contribution in [-0.2, 0) is 6.54 Å². The number of aliphatic hydroxyl groups is 1. The molecule has 0 spiro atoms. The number of hydrogen-bond donors (Lipinski definition) is 1. The summed E-state index contributed by atoms with van der Waals surface area (Å²) < 4.78 is 5.42. The predicted molar refractivity (Wildman–Crippen MR) is 87.9 cm³/mol. The molecule has 0 unspecified atom stereocenters. The number of piperazine rings is 1. The Hall–Kier alpha value is -1.76. The Labute approximate surface area is 136 Å². The van der Waals surface area contributed by atoms with E-state index in [2.05, 4.69) is 32.9 Å². The molecule has 0 aliphatic carbocycles. The number of aliphatic hydroxyl groups excluding tert-OH is 1. The van der Waals surface area contributed by atoms with Crippen LogP contribution in [0.5, 0.6) is 0 Å². The van der Waals surface area contributed by atoms with E-state index < -0.39 is 0 Å². The first-order valence-electron chi connectivity index (χ1n) is 8.20. The van der Waals surface area contributed by atoms with Crippen LogP contribution < -0.4 is 0 Å². The van der Waals surface area contributed by atoms with E-state index in [4.69, 9.17) is 9.63 Å². The molecule has 1 aromatic carbocycles. The highest BCUT2D eigenvalue weighted by Crippen LogP contribution is 2.20. The molecule has 0 atom stereocenters. The number of hydrogen-bond acceptors (Lipinski definition) is 6. The summed E-state index contributed by atoms with van der Waals surface area (Å²) in [5.41, 5.74) is 2.17. The van der Waals surface area contributed by atoms with Crippen molar-refractivity contribution in [1.82, 2.24) is 19.9 Å². The van der Waals surface area contributed by atoms with E-state index in [9.17, 15) is 0 Å². The van der Waals surface area contributed by atoms with Crippen LogP contribution in [0.15, 0.2) is 28.8 Å². The molecule has 1 aliphatic rings. The van der Waals surface area contributed by atoms with Gasteiger partial charge < -0.3 is 14.5 Å². The van der Waals surface area contributed by atoms with E-state index >= 15 is 0 Å². The molecule has 0 amide bonds. The first kappa shape index (κ1) is 16.1. The van der Waals surface area contributed by atoms with Gasteiger partial charge in [-0.15, -0.1) is 0 Å². The lowest BCUT2D eigenvalue weighted by atomic mass is 10.1. The fourth-order valence-electron chi connectivity index (χ4n) is 2.91. The molecular formula is C17H24N4O2. The van der Waals surface area contributed by atoms with Crippen LogP contribution in [-0.4, -0.2) is 64.4 Å². The lowest BCUT2D eigenvalue weighted by Gasteiger charge is -2.33. The minimum Gasteiger partial charge on any atom is -0.396 e. The highest BCUT2D eigenvalue weighted by molar-refractivity contribution is 5.58. The average molecular weight is 316 g/mol. The predicted octanol–water partition coefficient (Wildman–Crippen LogP) is 1.55. The van der Waals surface area contributed by atoms with E-state index in [0.29, 0.717) is 18.3 Å². The third-order valence-electron chi connectivity index (χ3n) is 4.31. The first-order chi connectivity index (χ1) is 11.3. The second-order valence-corrected chi connectivity index (χ2v) is 6.02. The molecule has 1 N–H and O–H groups in total. The SMILES string of the molecule is Cc1ccccc1-c1noc(CN2CCN(CCCO)CC2)n1. The van der Waals surface area contributed by atoms with Crippen LogP contribution in [0.3, 0.4) is 0 Å².